The number of amides is 1. The van der Waals surface area contributed by atoms with Crippen LogP contribution in [0.5, 0.6) is 5.75 Å². The molecule has 0 spiro atoms. The first-order valence-corrected chi connectivity index (χ1v) is 7.66. The van der Waals surface area contributed by atoms with Gasteiger partial charge >= 0.3 is 5.97 Å². The number of nitrogens with zero attached hydrogens (tertiary/aromatic N) is 1. The van der Waals surface area contributed by atoms with E-state index in [1.807, 2.05) is 24.3 Å². The van der Waals surface area contributed by atoms with E-state index in [1.165, 1.54) is 19.1 Å². The zero-order valence-electron chi connectivity index (χ0n) is 14.0. The number of carbonyl (C=O) groups excluding carboxylic acids is 2. The first kappa shape index (κ1) is 18.0. The summed E-state index contributed by atoms with van der Waals surface area (Å²) < 4.78 is 10.4. The van der Waals surface area contributed by atoms with Crippen molar-refractivity contribution in [3.63, 3.8) is 0 Å². The predicted octanol–water partition coefficient (Wildman–Crippen LogP) is 2.43. The zero-order valence-corrected chi connectivity index (χ0v) is 14.0. The van der Waals surface area contributed by atoms with E-state index in [-0.39, 0.29) is 12.1 Å². The smallest absolute Gasteiger partial charge is 0.338 e. The molecule has 1 atom stereocenters. The van der Waals surface area contributed by atoms with Gasteiger partial charge in [0.1, 0.15) is 5.75 Å². The zero-order chi connectivity index (χ0) is 18.2. The van der Waals surface area contributed by atoms with Crippen LogP contribution in [0.1, 0.15) is 28.4 Å². The van der Waals surface area contributed by atoms with Crippen LogP contribution in [0.15, 0.2) is 48.5 Å². The summed E-state index contributed by atoms with van der Waals surface area (Å²) in [5.41, 5.74) is 1.39. The molecule has 2 aromatic rings. The molecule has 6 nitrogen and oxygen atoms in total. The number of benzene rings is 2. The van der Waals surface area contributed by atoms with E-state index in [4.69, 9.17) is 14.7 Å². The van der Waals surface area contributed by atoms with Crippen LogP contribution < -0.4 is 10.1 Å². The number of para-hydroxylation sites is 1. The van der Waals surface area contributed by atoms with Gasteiger partial charge in [-0.2, -0.15) is 5.26 Å². The highest BCUT2D eigenvalue weighted by Gasteiger charge is 2.19. The summed E-state index contributed by atoms with van der Waals surface area (Å²) in [6, 6.07) is 15.4. The minimum Gasteiger partial charge on any atom is -0.496 e. The lowest BCUT2D eigenvalue weighted by molar-refractivity contribution is -0.129. The predicted molar refractivity (Wildman–Crippen MR) is 90.9 cm³/mol. The van der Waals surface area contributed by atoms with Crippen LogP contribution in [0.3, 0.4) is 0 Å². The van der Waals surface area contributed by atoms with Crippen molar-refractivity contribution in [1.29, 1.82) is 5.26 Å². The van der Waals surface area contributed by atoms with Gasteiger partial charge in [-0.15, -0.1) is 0 Å². The molecule has 0 fully saturated rings. The molecule has 128 valence electrons. The third kappa shape index (κ3) is 4.82. The number of ether oxygens (including phenoxy) is 2. The highest BCUT2D eigenvalue weighted by molar-refractivity contribution is 5.92. The van der Waals surface area contributed by atoms with Crippen LogP contribution in [0, 0.1) is 11.3 Å². The molecule has 0 aliphatic rings. The van der Waals surface area contributed by atoms with Gasteiger partial charge in [0, 0.05) is 12.1 Å². The van der Waals surface area contributed by atoms with Crippen molar-refractivity contribution in [1.82, 2.24) is 5.32 Å². The van der Waals surface area contributed by atoms with E-state index in [0.29, 0.717) is 11.3 Å². The number of esters is 1. The number of carbonyl (C=O) groups is 2. The van der Waals surface area contributed by atoms with Crippen molar-refractivity contribution in [2.45, 2.75) is 19.6 Å². The minimum absolute atomic E-state index is 0.225. The second-order valence-corrected chi connectivity index (χ2v) is 5.27. The van der Waals surface area contributed by atoms with Gasteiger partial charge in [0.25, 0.3) is 5.91 Å². The van der Waals surface area contributed by atoms with Crippen molar-refractivity contribution in [3.8, 4) is 11.8 Å². The second-order valence-electron chi connectivity index (χ2n) is 5.27. The largest absolute Gasteiger partial charge is 0.496 e. The quantitative estimate of drug-likeness (QED) is 0.817. The summed E-state index contributed by atoms with van der Waals surface area (Å²) in [5, 5.41) is 11.6. The van der Waals surface area contributed by atoms with E-state index in [9.17, 15) is 9.59 Å². The molecule has 0 aliphatic carbocycles. The van der Waals surface area contributed by atoms with Crippen LogP contribution in [0.4, 0.5) is 0 Å². The van der Waals surface area contributed by atoms with Gasteiger partial charge in [-0.25, -0.2) is 4.79 Å². The van der Waals surface area contributed by atoms with Crippen LogP contribution in [-0.4, -0.2) is 25.1 Å². The Hall–Kier alpha value is -3.33. The van der Waals surface area contributed by atoms with E-state index in [1.54, 1.807) is 25.3 Å². The van der Waals surface area contributed by atoms with E-state index in [2.05, 4.69) is 5.32 Å². The molecule has 2 aromatic carbocycles. The Morgan fingerprint density at radius 2 is 1.96 bits per heavy atom. The van der Waals surface area contributed by atoms with Crippen molar-refractivity contribution in [2.24, 2.45) is 0 Å². The third-order valence-corrected chi connectivity index (χ3v) is 3.53. The lowest BCUT2D eigenvalue weighted by Gasteiger charge is -2.14. The first-order valence-electron chi connectivity index (χ1n) is 7.66. The average Bonchev–Trinajstić information content (AvgIpc) is 2.66. The van der Waals surface area contributed by atoms with Gasteiger partial charge in [0.15, 0.2) is 6.10 Å². The maximum atomic E-state index is 12.1. The van der Waals surface area contributed by atoms with Crippen LogP contribution >= 0.6 is 0 Å². The molecule has 0 radical (unpaired) electrons. The molecule has 25 heavy (non-hydrogen) atoms. The van der Waals surface area contributed by atoms with Crippen LogP contribution in [0.2, 0.25) is 0 Å². The van der Waals surface area contributed by atoms with Crippen LogP contribution in [-0.2, 0) is 16.1 Å². The molecule has 2 rings (SSSR count). The standard InChI is InChI=1S/C19H18N2O4/c1-13(25-19(23)15-8-5-6-14(10-15)11-20)18(22)21-12-16-7-3-4-9-17(16)24-2/h3-10,13H,12H2,1-2H3,(H,21,22). The molecule has 0 saturated heterocycles. The Bertz CT molecular complexity index is 811. The Balaban J connectivity index is 1.93. The van der Waals surface area contributed by atoms with E-state index >= 15 is 0 Å². The summed E-state index contributed by atoms with van der Waals surface area (Å²) in [5.74, 6) is -0.409. The molecule has 1 N–H and O–H groups in total. The molecule has 1 amide bonds. The molecular formula is C19H18N2O4. The van der Waals surface area contributed by atoms with E-state index < -0.39 is 18.0 Å². The number of methoxy groups -OCH3 is 1. The average molecular weight is 338 g/mol. The Morgan fingerprint density at radius 3 is 2.68 bits per heavy atom. The summed E-state index contributed by atoms with van der Waals surface area (Å²) in [4.78, 5) is 24.2. The van der Waals surface area contributed by atoms with Gasteiger partial charge in [-0.3, -0.25) is 4.79 Å². The molecular weight excluding hydrogens is 320 g/mol. The topological polar surface area (TPSA) is 88.4 Å². The number of nitriles is 1. The summed E-state index contributed by atoms with van der Waals surface area (Å²) in [6.45, 7) is 1.75. The number of nitrogens with one attached hydrogen (secondary N) is 1. The lowest BCUT2D eigenvalue weighted by atomic mass is 10.1. The van der Waals surface area contributed by atoms with Crippen LogP contribution in [0.25, 0.3) is 0 Å². The van der Waals surface area contributed by atoms with Crippen molar-refractivity contribution in [2.75, 3.05) is 7.11 Å². The van der Waals surface area contributed by atoms with E-state index in [0.717, 1.165) is 5.56 Å². The molecule has 1 unspecified atom stereocenters. The van der Waals surface area contributed by atoms with Crippen molar-refractivity contribution >= 4 is 11.9 Å². The monoisotopic (exact) mass is 338 g/mol. The number of rotatable bonds is 6. The molecule has 0 saturated carbocycles. The highest BCUT2D eigenvalue weighted by Crippen LogP contribution is 2.16. The Labute approximate surface area is 146 Å². The van der Waals surface area contributed by atoms with Gasteiger partial charge in [0.05, 0.1) is 24.3 Å². The number of hydrogen-bond donors (Lipinski definition) is 1. The van der Waals surface area contributed by atoms with Gasteiger partial charge < -0.3 is 14.8 Å². The summed E-state index contributed by atoms with van der Waals surface area (Å²) >= 11 is 0. The maximum Gasteiger partial charge on any atom is 0.338 e. The third-order valence-electron chi connectivity index (χ3n) is 3.53. The first-order chi connectivity index (χ1) is 12.0. The SMILES string of the molecule is COc1ccccc1CNC(=O)C(C)OC(=O)c1cccc(C#N)c1. The molecule has 0 heterocycles. The highest BCUT2D eigenvalue weighted by atomic mass is 16.5. The fourth-order valence-electron chi connectivity index (χ4n) is 2.17. The maximum absolute atomic E-state index is 12.1. The molecule has 6 heteroatoms. The van der Waals surface area contributed by atoms with Gasteiger partial charge in [0.2, 0.25) is 0 Å². The Kier molecular flexibility index (Phi) is 6.13. The lowest BCUT2D eigenvalue weighted by Crippen LogP contribution is -2.35. The van der Waals surface area contributed by atoms with Gasteiger partial charge in [-0.05, 0) is 31.2 Å². The normalized spacial score (nSPS) is 11.1. The molecule has 0 aliphatic heterocycles. The summed E-state index contributed by atoms with van der Waals surface area (Å²) in [6.07, 6.45) is -0.965. The van der Waals surface area contributed by atoms with Crippen molar-refractivity contribution < 1.29 is 19.1 Å². The Morgan fingerprint density at radius 1 is 1.20 bits per heavy atom. The van der Waals surface area contributed by atoms with Gasteiger partial charge in [-0.1, -0.05) is 24.3 Å². The number of hydrogen-bond acceptors (Lipinski definition) is 5. The molecule has 0 aromatic heterocycles. The fraction of sp³-hybridized carbons (Fsp3) is 0.211. The van der Waals surface area contributed by atoms with Crippen molar-refractivity contribution in [3.05, 3.63) is 65.2 Å². The fourth-order valence-corrected chi connectivity index (χ4v) is 2.17. The summed E-state index contributed by atoms with van der Waals surface area (Å²) in [7, 11) is 1.56. The molecule has 0 bridgehead atoms. The second kappa shape index (κ2) is 8.50. The minimum atomic E-state index is -0.965.